The van der Waals surface area contributed by atoms with Crippen molar-refractivity contribution in [3.63, 3.8) is 0 Å². The lowest BCUT2D eigenvalue weighted by atomic mass is 9.80. The molecule has 2 nitrogen and oxygen atoms in total. The Hall–Kier alpha value is -0.680. The molecule has 4 saturated carbocycles. The van der Waals surface area contributed by atoms with E-state index in [1.165, 1.54) is 90.0 Å². The van der Waals surface area contributed by atoms with Crippen LogP contribution in [0.25, 0.3) is 0 Å². The van der Waals surface area contributed by atoms with Gasteiger partial charge in [0.05, 0.1) is 11.1 Å². The Morgan fingerprint density at radius 1 is 0.694 bits per heavy atom. The molecule has 0 aromatic carbocycles. The minimum atomic E-state index is 0.236. The topological polar surface area (TPSA) is 24.1 Å². The van der Waals surface area contributed by atoms with Gasteiger partial charge in [0.2, 0.25) is 0 Å². The Morgan fingerprint density at radius 3 is 1.61 bits per heavy atom. The summed E-state index contributed by atoms with van der Waals surface area (Å²) in [5, 5.41) is 12.3. The van der Waals surface area contributed by atoms with Crippen molar-refractivity contribution >= 4 is 22.7 Å². The highest BCUT2D eigenvalue weighted by Gasteiger charge is 2.42. The van der Waals surface area contributed by atoms with E-state index >= 15 is 0 Å². The molecule has 2 aromatic heterocycles. The third-order valence-corrected chi connectivity index (χ3v) is 11.7. The quantitative estimate of drug-likeness (QED) is 0.338. The maximum atomic E-state index is 3.95. The van der Waals surface area contributed by atoms with Gasteiger partial charge in [-0.05, 0) is 112 Å². The molecule has 2 aromatic rings. The first-order chi connectivity index (χ1) is 17.6. The van der Waals surface area contributed by atoms with Crippen LogP contribution in [0.1, 0.15) is 121 Å². The summed E-state index contributed by atoms with van der Waals surface area (Å²) in [7, 11) is 0. The number of thiophene rings is 2. The lowest BCUT2D eigenvalue weighted by Gasteiger charge is -2.39. The molecule has 0 amide bonds. The zero-order valence-electron chi connectivity index (χ0n) is 23.5. The van der Waals surface area contributed by atoms with Crippen LogP contribution in [-0.2, 0) is 11.1 Å². The van der Waals surface area contributed by atoms with Gasteiger partial charge in [-0.25, -0.2) is 0 Å². The fourth-order valence-corrected chi connectivity index (χ4v) is 8.56. The summed E-state index contributed by atoms with van der Waals surface area (Å²) in [6.07, 6.45) is 18.5. The summed E-state index contributed by atoms with van der Waals surface area (Å²) >= 11 is 3.86. The van der Waals surface area contributed by atoms with Crippen molar-refractivity contribution < 1.29 is 0 Å². The number of rotatable bonds is 9. The monoisotopic (exact) mass is 528 g/mol. The number of nitrogens with one attached hydrogen (secondary N) is 2. The molecule has 0 spiro atoms. The molecule has 2 heterocycles. The van der Waals surface area contributed by atoms with Crippen LogP contribution in [0.5, 0.6) is 0 Å². The molecule has 36 heavy (non-hydrogen) atoms. The summed E-state index contributed by atoms with van der Waals surface area (Å²) in [6, 6.07) is 9.85. The van der Waals surface area contributed by atoms with Crippen molar-refractivity contribution in [1.29, 1.82) is 0 Å². The standard InChI is InChI=1S/C16H25NS.C14H21NS.C2H6/c1-16(14-8-2-3-9-14,15-10-5-11-18-15)17-12-13-6-4-7-13;1-14(15-12-8-9-12,11-5-2-3-6-11)13-7-4-10-16-13;1-2/h5,10-11,13-14,17H,2-4,6-9,12H2,1H3;4,7,10-12,15H,2-3,5-6,8-9H2,1H3;1-2H3. The van der Waals surface area contributed by atoms with Crippen molar-refractivity contribution in [1.82, 2.24) is 10.6 Å². The molecule has 4 aliphatic carbocycles. The van der Waals surface area contributed by atoms with E-state index < -0.39 is 0 Å². The smallest absolute Gasteiger partial charge is 0.0530 e. The highest BCUT2D eigenvalue weighted by atomic mass is 32.1. The summed E-state index contributed by atoms with van der Waals surface area (Å²) < 4.78 is 0. The van der Waals surface area contributed by atoms with Crippen molar-refractivity contribution in [3.05, 3.63) is 44.8 Å². The van der Waals surface area contributed by atoms with Gasteiger partial charge < -0.3 is 10.6 Å². The number of hydrogen-bond donors (Lipinski definition) is 2. The minimum Gasteiger partial charge on any atom is -0.306 e. The van der Waals surface area contributed by atoms with E-state index in [1.54, 1.807) is 9.75 Å². The first-order valence-corrected chi connectivity index (χ1v) is 16.9. The maximum Gasteiger partial charge on any atom is 0.0530 e. The van der Waals surface area contributed by atoms with E-state index in [1.807, 2.05) is 36.5 Å². The van der Waals surface area contributed by atoms with Crippen LogP contribution in [0.4, 0.5) is 0 Å². The SMILES string of the molecule is CC.CC(NC1CC1)(c1cccs1)C1CCCC1.CC(NCC1CCC1)(c1cccs1)C1CCCC1. The molecule has 2 unspecified atom stereocenters. The number of hydrogen-bond acceptors (Lipinski definition) is 4. The van der Waals surface area contributed by atoms with Crippen LogP contribution in [0.3, 0.4) is 0 Å². The van der Waals surface area contributed by atoms with E-state index in [0.29, 0.717) is 0 Å². The average Bonchev–Trinajstić information content (AvgIpc) is 3.52. The van der Waals surface area contributed by atoms with Crippen LogP contribution < -0.4 is 10.6 Å². The third kappa shape index (κ3) is 6.84. The lowest BCUT2D eigenvalue weighted by molar-refractivity contribution is 0.199. The predicted molar refractivity (Wildman–Crippen MR) is 160 cm³/mol. The molecular weight excluding hydrogens is 477 g/mol. The Kier molecular flexibility index (Phi) is 10.5. The van der Waals surface area contributed by atoms with Crippen molar-refractivity contribution in [2.45, 2.75) is 128 Å². The Balaban J connectivity index is 0.000000159. The molecule has 2 N–H and O–H groups in total. The summed E-state index contributed by atoms with van der Waals surface area (Å²) in [5.41, 5.74) is 0.492. The van der Waals surface area contributed by atoms with Crippen LogP contribution in [-0.4, -0.2) is 12.6 Å². The molecule has 202 valence electrons. The largest absolute Gasteiger partial charge is 0.306 e. The van der Waals surface area contributed by atoms with E-state index in [0.717, 1.165) is 23.8 Å². The lowest BCUT2D eigenvalue weighted by Crippen LogP contribution is -2.47. The van der Waals surface area contributed by atoms with Crippen molar-refractivity contribution in [2.24, 2.45) is 17.8 Å². The Labute approximate surface area is 230 Å². The fourth-order valence-electron chi connectivity index (χ4n) is 6.68. The molecule has 0 aliphatic heterocycles. The Morgan fingerprint density at radius 2 is 1.19 bits per heavy atom. The van der Waals surface area contributed by atoms with Gasteiger partial charge in [-0.15, -0.1) is 22.7 Å². The zero-order chi connectivity index (χ0) is 25.4. The first kappa shape index (κ1) is 28.3. The molecule has 4 heteroatoms. The molecule has 4 fully saturated rings. The summed E-state index contributed by atoms with van der Waals surface area (Å²) in [4.78, 5) is 3.10. The first-order valence-electron chi connectivity index (χ1n) is 15.2. The molecule has 0 bridgehead atoms. The van der Waals surface area contributed by atoms with E-state index in [-0.39, 0.29) is 11.1 Å². The highest BCUT2D eigenvalue weighted by molar-refractivity contribution is 7.10. The van der Waals surface area contributed by atoms with Crippen LogP contribution in [0.15, 0.2) is 35.0 Å². The van der Waals surface area contributed by atoms with Gasteiger partial charge >= 0.3 is 0 Å². The van der Waals surface area contributed by atoms with Crippen LogP contribution in [0.2, 0.25) is 0 Å². The molecule has 0 saturated heterocycles. The molecule has 2 atom stereocenters. The zero-order valence-corrected chi connectivity index (χ0v) is 25.1. The normalized spacial score (nSPS) is 24.1. The second kappa shape index (κ2) is 13.4. The van der Waals surface area contributed by atoms with Gasteiger partial charge in [-0.2, -0.15) is 0 Å². The third-order valence-electron chi connectivity index (χ3n) is 9.47. The van der Waals surface area contributed by atoms with E-state index in [4.69, 9.17) is 0 Å². The fraction of sp³-hybridized carbons (Fsp3) is 0.750. The summed E-state index contributed by atoms with van der Waals surface area (Å²) in [5.74, 6) is 2.65. The van der Waals surface area contributed by atoms with Gasteiger partial charge in [-0.1, -0.05) is 58.1 Å². The highest BCUT2D eigenvalue weighted by Crippen LogP contribution is 2.44. The average molecular weight is 529 g/mol. The van der Waals surface area contributed by atoms with Crippen LogP contribution in [0, 0.1) is 17.8 Å². The van der Waals surface area contributed by atoms with Crippen LogP contribution >= 0.6 is 22.7 Å². The van der Waals surface area contributed by atoms with Gasteiger partial charge in [0.1, 0.15) is 0 Å². The minimum absolute atomic E-state index is 0.236. The van der Waals surface area contributed by atoms with E-state index in [9.17, 15) is 0 Å². The van der Waals surface area contributed by atoms with Gasteiger partial charge in [0.25, 0.3) is 0 Å². The van der Waals surface area contributed by atoms with Crippen molar-refractivity contribution in [3.8, 4) is 0 Å². The molecule has 0 radical (unpaired) electrons. The van der Waals surface area contributed by atoms with Gasteiger partial charge in [-0.3, -0.25) is 0 Å². The van der Waals surface area contributed by atoms with E-state index in [2.05, 4.69) is 59.5 Å². The molecule has 4 aliphatic rings. The second-order valence-electron chi connectivity index (χ2n) is 11.9. The summed E-state index contributed by atoms with van der Waals surface area (Å²) in [6.45, 7) is 10.1. The predicted octanol–water partition coefficient (Wildman–Crippen LogP) is 9.47. The molecular formula is C32H52N2S2. The second-order valence-corrected chi connectivity index (χ2v) is 13.8. The van der Waals surface area contributed by atoms with Gasteiger partial charge in [0.15, 0.2) is 0 Å². The Bertz CT molecular complexity index is 843. The van der Waals surface area contributed by atoms with Crippen molar-refractivity contribution in [2.75, 3.05) is 6.54 Å². The van der Waals surface area contributed by atoms with Gasteiger partial charge in [0, 0.05) is 15.8 Å². The maximum absolute atomic E-state index is 3.95. The molecule has 6 rings (SSSR count).